The van der Waals surface area contributed by atoms with E-state index in [-0.39, 0.29) is 44.3 Å². The van der Waals surface area contributed by atoms with Crippen LogP contribution in [0.4, 0.5) is 70.2 Å². The third kappa shape index (κ3) is 5.21. The van der Waals surface area contributed by atoms with Crippen LogP contribution in [0.3, 0.4) is 0 Å². The Labute approximate surface area is 346 Å². The van der Waals surface area contributed by atoms with E-state index in [1.165, 1.54) is 66.7 Å². The Balaban J connectivity index is 1.33. The summed E-state index contributed by atoms with van der Waals surface area (Å²) in [6, 6.07) is 13.6. The fraction of sp³-hybridized carbons (Fsp3) is 0.0417. The lowest BCUT2D eigenvalue weighted by molar-refractivity contribution is 0.376. The fourth-order valence-electron chi connectivity index (χ4n) is 9.18. The fourth-order valence-corrected chi connectivity index (χ4v) is 9.18. The molecule has 0 bridgehead atoms. The van der Waals surface area contributed by atoms with Gasteiger partial charge < -0.3 is 0 Å². The van der Waals surface area contributed by atoms with Crippen molar-refractivity contribution in [1.82, 2.24) is 0 Å². The minimum Gasteiger partial charge on any atom is -0.205 e. The molecule has 1 unspecified atom stereocenters. The van der Waals surface area contributed by atoms with E-state index in [0.29, 0.717) is 5.57 Å². The number of rotatable bonds is 3. The summed E-state index contributed by atoms with van der Waals surface area (Å²) in [6.45, 7) is 0. The first kappa shape index (κ1) is 40.9. The second kappa shape index (κ2) is 14.2. The van der Waals surface area contributed by atoms with Crippen LogP contribution in [0.25, 0.3) is 65.4 Å². The maximum atomic E-state index is 16.5. The van der Waals surface area contributed by atoms with Crippen LogP contribution in [0.1, 0.15) is 17.5 Å². The molecule has 16 heteroatoms. The minimum absolute atomic E-state index is 0.00875. The zero-order valence-electron chi connectivity index (χ0n) is 31.3. The topological polar surface area (TPSA) is 0 Å². The Morgan fingerprint density at radius 1 is 0.344 bits per heavy atom. The Morgan fingerprint density at radius 3 is 1.39 bits per heavy atom. The normalized spacial score (nSPS) is 14.9. The summed E-state index contributed by atoms with van der Waals surface area (Å²) in [5, 5.41) is -10.9. The number of hydrogen-bond donors (Lipinski definition) is 0. The van der Waals surface area contributed by atoms with Crippen LogP contribution < -0.4 is 10.4 Å². The molecule has 0 heterocycles. The summed E-state index contributed by atoms with van der Waals surface area (Å²) in [4.78, 5) is 0. The van der Waals surface area contributed by atoms with Gasteiger partial charge >= 0.3 is 0 Å². The van der Waals surface area contributed by atoms with E-state index in [1.54, 1.807) is 6.08 Å². The molecule has 10 rings (SSSR count). The third-order valence-electron chi connectivity index (χ3n) is 11.8. The molecule has 64 heavy (non-hydrogen) atoms. The van der Waals surface area contributed by atoms with Crippen molar-refractivity contribution in [2.45, 2.75) is 6.42 Å². The largest absolute Gasteiger partial charge is 0.205 e. The van der Waals surface area contributed by atoms with Crippen molar-refractivity contribution >= 4 is 54.2 Å². The van der Waals surface area contributed by atoms with Crippen LogP contribution in [0, 0.1) is 99.0 Å². The molecule has 0 amide bonds. The maximum Gasteiger partial charge on any atom is 0.200 e. The lowest BCUT2D eigenvalue weighted by Crippen LogP contribution is -2.38. The number of halogens is 16. The van der Waals surface area contributed by atoms with Gasteiger partial charge in [-0.25, -0.2) is 70.2 Å². The van der Waals surface area contributed by atoms with Gasteiger partial charge in [0.15, 0.2) is 75.6 Å². The van der Waals surface area contributed by atoms with E-state index in [4.69, 9.17) is 0 Å². The van der Waals surface area contributed by atoms with Crippen molar-refractivity contribution in [1.29, 1.82) is 0 Å². The summed E-state index contributed by atoms with van der Waals surface area (Å²) in [5.74, 6) is -39.1. The molecule has 0 fully saturated rings. The summed E-state index contributed by atoms with van der Waals surface area (Å²) in [5.41, 5.74) is -2.64. The smallest absolute Gasteiger partial charge is 0.200 e. The van der Waals surface area contributed by atoms with Gasteiger partial charge in [0.2, 0.25) is 5.82 Å². The van der Waals surface area contributed by atoms with Crippen molar-refractivity contribution < 1.29 is 70.2 Å². The predicted octanol–water partition coefficient (Wildman–Crippen LogP) is 13.1. The van der Waals surface area contributed by atoms with Gasteiger partial charge in [0.05, 0.1) is 21.7 Å². The highest BCUT2D eigenvalue weighted by atomic mass is 19.2. The lowest BCUT2D eigenvalue weighted by atomic mass is 9.71. The summed E-state index contributed by atoms with van der Waals surface area (Å²) in [7, 11) is 0. The van der Waals surface area contributed by atoms with Crippen molar-refractivity contribution in [3.63, 3.8) is 0 Å². The number of fused-ring (bicyclic) bond motifs is 7. The molecule has 0 saturated heterocycles. The maximum absolute atomic E-state index is 16.5. The quantitative estimate of drug-likeness (QED) is 0.0545. The molecule has 0 aromatic heterocycles. The predicted molar refractivity (Wildman–Crippen MR) is 204 cm³/mol. The van der Waals surface area contributed by atoms with Crippen molar-refractivity contribution in [3.8, 4) is 11.1 Å². The first-order valence-corrected chi connectivity index (χ1v) is 18.7. The zero-order valence-corrected chi connectivity index (χ0v) is 31.3. The molecule has 0 saturated carbocycles. The second-order valence-corrected chi connectivity index (χ2v) is 14.9. The number of allylic oxidation sites excluding steroid dienone is 4. The molecular weight excluding hydrogens is 880 g/mol. The van der Waals surface area contributed by atoms with Crippen LogP contribution in [0.5, 0.6) is 0 Å². The molecule has 2 aliphatic carbocycles. The second-order valence-electron chi connectivity index (χ2n) is 14.9. The first-order chi connectivity index (χ1) is 30.5. The molecule has 0 spiro atoms. The van der Waals surface area contributed by atoms with E-state index in [9.17, 15) is 26.3 Å². The average Bonchev–Trinajstić information content (AvgIpc) is 3.30. The van der Waals surface area contributed by atoms with E-state index in [0.717, 1.165) is 6.07 Å². The standard InChI is InChI=1S/C48H16F16/c49-33-28-27-26(36(52)38(54)30(28)34(50)32-31(33)41(57)44(60)45(61)42(32)58)25(35(51)43(59)37(27)53)18-14-6-11-15-16(18)12-5-13-17(15)23-19-7-1-3-9-21(19)24(22-10-4-2-8-20(22)23)29-39(55)46(62)48(64)47(63)40(29)56/h1-7,9-14,20H,8H2. The molecule has 1 atom stereocenters. The van der Waals surface area contributed by atoms with Crippen molar-refractivity contribution in [2.24, 2.45) is 5.92 Å². The minimum atomic E-state index is -2.67. The molecule has 0 N–H and O–H groups in total. The molecular formula is C48H16F16. The molecule has 8 aromatic rings. The van der Waals surface area contributed by atoms with Gasteiger partial charge in [0.25, 0.3) is 0 Å². The van der Waals surface area contributed by atoms with Gasteiger partial charge in [-0.05, 0) is 55.5 Å². The van der Waals surface area contributed by atoms with E-state index >= 15 is 43.9 Å². The van der Waals surface area contributed by atoms with Gasteiger partial charge in [0, 0.05) is 27.6 Å². The van der Waals surface area contributed by atoms with Gasteiger partial charge in [0.1, 0.15) is 11.6 Å². The van der Waals surface area contributed by atoms with Crippen molar-refractivity contribution in [3.05, 3.63) is 199 Å². The third-order valence-corrected chi connectivity index (χ3v) is 11.8. The van der Waals surface area contributed by atoms with Crippen LogP contribution in [0.2, 0.25) is 0 Å². The van der Waals surface area contributed by atoms with E-state index in [2.05, 4.69) is 0 Å². The SMILES string of the molecule is Fc1c(F)c(F)c(C2=c3ccccc3=C(c3cccc4c(-c5c(F)c(F)c(F)c6c5c(F)c(F)c5c(F)c7c(F)c(F)c(F)c(F)c7c(F)c56)cccc34)C3CC=CC=C23)c(F)c1F. The molecule has 2 aliphatic rings. The number of benzene rings is 8. The van der Waals surface area contributed by atoms with Gasteiger partial charge in [-0.1, -0.05) is 78.9 Å². The Bertz CT molecular complexity index is 3690. The van der Waals surface area contributed by atoms with Gasteiger partial charge in [-0.3, -0.25) is 0 Å². The highest BCUT2D eigenvalue weighted by molar-refractivity contribution is 6.19. The molecule has 0 radical (unpaired) electrons. The Morgan fingerprint density at radius 2 is 0.766 bits per heavy atom. The van der Waals surface area contributed by atoms with E-state index in [1.807, 2.05) is 0 Å². The van der Waals surface area contributed by atoms with Crippen molar-refractivity contribution in [2.75, 3.05) is 0 Å². The molecule has 0 aliphatic heterocycles. The average molecular weight is 897 g/mol. The van der Waals surface area contributed by atoms with Gasteiger partial charge in [-0.15, -0.1) is 0 Å². The number of hydrogen-bond acceptors (Lipinski definition) is 0. The summed E-state index contributed by atoms with van der Waals surface area (Å²) >= 11 is 0. The lowest BCUT2D eigenvalue weighted by Gasteiger charge is -2.32. The highest BCUT2D eigenvalue weighted by Crippen LogP contribution is 2.49. The highest BCUT2D eigenvalue weighted by Gasteiger charge is 2.38. The van der Waals surface area contributed by atoms with E-state index < -0.39 is 148 Å². The van der Waals surface area contributed by atoms with Crippen LogP contribution in [-0.2, 0) is 0 Å². The molecule has 0 nitrogen and oxygen atoms in total. The van der Waals surface area contributed by atoms with Crippen LogP contribution >= 0.6 is 0 Å². The summed E-state index contributed by atoms with van der Waals surface area (Å²) < 4.78 is 246. The first-order valence-electron chi connectivity index (χ1n) is 18.7. The van der Waals surface area contributed by atoms with Crippen LogP contribution in [0.15, 0.2) is 84.5 Å². The Kier molecular flexibility index (Phi) is 9.09. The monoisotopic (exact) mass is 896 g/mol. The molecule has 320 valence electrons. The summed E-state index contributed by atoms with van der Waals surface area (Å²) in [6.07, 6.45) is 4.63. The van der Waals surface area contributed by atoms with Crippen LogP contribution in [-0.4, -0.2) is 0 Å². The Hall–Kier alpha value is -7.10. The van der Waals surface area contributed by atoms with Gasteiger partial charge in [-0.2, -0.15) is 0 Å². The zero-order chi connectivity index (χ0) is 45.5. The molecule has 8 aromatic carbocycles.